The number of nitrogens with zero attached hydrogens (tertiary/aromatic N) is 5. The molecule has 0 N–H and O–H groups in total. The lowest BCUT2D eigenvalue weighted by Crippen LogP contribution is -2.62. The van der Waals surface area contributed by atoms with Crippen LogP contribution in [-0.2, 0) is 19.3 Å². The number of halogens is 7. The first-order valence-electron chi connectivity index (χ1n) is 12.4. The molecule has 3 heterocycles. The highest BCUT2D eigenvalue weighted by Gasteiger charge is 2.60. The van der Waals surface area contributed by atoms with Crippen LogP contribution in [0.1, 0.15) is 48.0 Å². The first-order chi connectivity index (χ1) is 17.9. The van der Waals surface area contributed by atoms with Crippen molar-refractivity contribution in [3.63, 3.8) is 0 Å². The summed E-state index contributed by atoms with van der Waals surface area (Å²) in [5.41, 5.74) is 0.216. The van der Waals surface area contributed by atoms with Crippen LogP contribution in [-0.4, -0.2) is 44.7 Å². The van der Waals surface area contributed by atoms with Crippen LogP contribution in [0.25, 0.3) is 5.69 Å². The first kappa shape index (κ1) is 24.3. The Bertz CT molecular complexity index is 1440. The minimum absolute atomic E-state index is 0.0342. The van der Waals surface area contributed by atoms with Gasteiger partial charge in [0.15, 0.2) is 11.6 Å². The van der Waals surface area contributed by atoms with Gasteiger partial charge < -0.3 is 4.90 Å². The van der Waals surface area contributed by atoms with Crippen LogP contribution in [0.4, 0.5) is 32.0 Å². The van der Waals surface area contributed by atoms with E-state index in [9.17, 15) is 26.3 Å². The molecule has 12 heteroatoms. The number of aromatic nitrogens is 3. The third kappa shape index (κ3) is 3.72. The number of hydrogen-bond donors (Lipinski definition) is 0. The molecule has 2 aromatic carbocycles. The van der Waals surface area contributed by atoms with Crippen LogP contribution in [0.2, 0.25) is 5.02 Å². The van der Waals surface area contributed by atoms with E-state index in [0.29, 0.717) is 30.5 Å². The van der Waals surface area contributed by atoms with Crippen molar-refractivity contribution >= 4 is 17.3 Å². The molecule has 2 aliphatic heterocycles. The fraction of sp³-hybridized carbons (Fsp3) is 0.462. The predicted octanol–water partition coefficient (Wildman–Crippen LogP) is 6.19. The lowest BCUT2D eigenvalue weighted by molar-refractivity contribution is -0.139. The molecule has 1 spiro atoms. The molecule has 1 saturated heterocycles. The van der Waals surface area contributed by atoms with Crippen LogP contribution in [0.3, 0.4) is 0 Å². The normalized spacial score (nSPS) is 23.9. The molecule has 38 heavy (non-hydrogen) atoms. The zero-order valence-electron chi connectivity index (χ0n) is 20.0. The van der Waals surface area contributed by atoms with E-state index in [4.69, 9.17) is 11.6 Å². The Labute approximate surface area is 219 Å². The predicted molar refractivity (Wildman–Crippen MR) is 127 cm³/mol. The number of alkyl halides is 5. The zero-order valence-corrected chi connectivity index (χ0v) is 20.7. The molecule has 1 atom stereocenters. The van der Waals surface area contributed by atoms with Gasteiger partial charge >= 0.3 is 6.18 Å². The summed E-state index contributed by atoms with van der Waals surface area (Å²) in [7, 11) is 0. The van der Waals surface area contributed by atoms with E-state index in [1.54, 1.807) is 21.9 Å². The van der Waals surface area contributed by atoms with Gasteiger partial charge in [0, 0.05) is 42.4 Å². The van der Waals surface area contributed by atoms with Crippen LogP contribution in [0.15, 0.2) is 36.4 Å². The molecular formula is C26H22ClF6N5. The molecule has 0 bridgehead atoms. The van der Waals surface area contributed by atoms with E-state index in [1.807, 2.05) is 10.6 Å². The van der Waals surface area contributed by atoms with Gasteiger partial charge in [-0.05, 0) is 48.7 Å². The van der Waals surface area contributed by atoms with Gasteiger partial charge in [-0.2, -0.15) is 13.2 Å². The second-order valence-corrected chi connectivity index (χ2v) is 11.5. The fourth-order valence-electron chi connectivity index (χ4n) is 6.47. The monoisotopic (exact) mass is 553 g/mol. The lowest BCUT2D eigenvalue weighted by atomic mass is 9.57. The highest BCUT2D eigenvalue weighted by atomic mass is 35.5. The summed E-state index contributed by atoms with van der Waals surface area (Å²) in [6, 6.07) is 7.92. The molecule has 2 aliphatic carbocycles. The second-order valence-electron chi connectivity index (χ2n) is 11.1. The van der Waals surface area contributed by atoms with Crippen LogP contribution in [0, 0.1) is 11.2 Å². The van der Waals surface area contributed by atoms with Crippen molar-refractivity contribution < 1.29 is 26.3 Å². The topological polar surface area (TPSA) is 37.2 Å². The minimum Gasteiger partial charge on any atom is -0.368 e. The van der Waals surface area contributed by atoms with E-state index >= 15 is 0 Å². The highest BCUT2D eigenvalue weighted by Crippen LogP contribution is 2.57. The fourth-order valence-corrected chi connectivity index (χ4v) is 6.67. The van der Waals surface area contributed by atoms with E-state index in [1.165, 1.54) is 12.1 Å². The summed E-state index contributed by atoms with van der Waals surface area (Å²) in [6.07, 6.45) is -3.47. The van der Waals surface area contributed by atoms with Gasteiger partial charge in [0.2, 0.25) is 0 Å². The van der Waals surface area contributed by atoms with Crippen LogP contribution >= 0.6 is 11.6 Å². The van der Waals surface area contributed by atoms with Gasteiger partial charge in [-0.3, -0.25) is 9.47 Å². The van der Waals surface area contributed by atoms with Gasteiger partial charge in [-0.15, -0.1) is 10.2 Å². The summed E-state index contributed by atoms with van der Waals surface area (Å²) < 4.78 is 83.8. The Morgan fingerprint density at radius 3 is 2.37 bits per heavy atom. The summed E-state index contributed by atoms with van der Waals surface area (Å²) in [4.78, 5) is 3.37. The molecule has 1 aromatic heterocycles. The summed E-state index contributed by atoms with van der Waals surface area (Å²) >= 11 is 6.24. The molecule has 7 rings (SSSR count). The van der Waals surface area contributed by atoms with Gasteiger partial charge in [0.25, 0.3) is 5.92 Å². The molecule has 2 saturated carbocycles. The molecular weight excluding hydrogens is 532 g/mol. The molecule has 4 aliphatic rings. The molecule has 0 amide bonds. The average molecular weight is 554 g/mol. The Hall–Kier alpha value is -2.79. The van der Waals surface area contributed by atoms with Crippen molar-refractivity contribution in [1.82, 2.24) is 19.7 Å². The van der Waals surface area contributed by atoms with E-state index in [0.717, 1.165) is 36.0 Å². The van der Waals surface area contributed by atoms with Gasteiger partial charge in [0.05, 0.1) is 29.5 Å². The smallest absolute Gasteiger partial charge is 0.368 e. The molecule has 200 valence electrons. The quantitative estimate of drug-likeness (QED) is 0.363. The number of rotatable bonds is 3. The molecule has 3 aromatic rings. The molecule has 5 nitrogen and oxygen atoms in total. The number of hydrogen-bond acceptors (Lipinski definition) is 4. The second kappa shape index (κ2) is 7.88. The summed E-state index contributed by atoms with van der Waals surface area (Å²) in [5.74, 6) is -2.59. The molecule has 1 unspecified atom stereocenters. The summed E-state index contributed by atoms with van der Waals surface area (Å²) in [6.45, 7) is 1.48. The Kier molecular flexibility index (Phi) is 5.03. The standard InChI is InChI=1S/C26H22ClF6N5/c27-16-4-5-18-14(6-16)10-36(20-9-25(20,29)30)11-21-34-35-23(38(18)21)15-7-24(8-15)12-37(13-24)19-3-1-2-17(22(19)28)26(31,32)33/h1-6,15,20H,7-13H2. The number of benzene rings is 2. The average Bonchev–Trinajstić information content (AvgIpc) is 3.30. The van der Waals surface area contributed by atoms with Crippen molar-refractivity contribution in [3.8, 4) is 5.69 Å². The Morgan fingerprint density at radius 2 is 1.68 bits per heavy atom. The van der Waals surface area contributed by atoms with E-state index in [2.05, 4.69) is 10.2 Å². The lowest BCUT2D eigenvalue weighted by Gasteiger charge is -2.59. The zero-order chi connectivity index (χ0) is 26.6. The maximum atomic E-state index is 14.6. The van der Waals surface area contributed by atoms with E-state index in [-0.39, 0.29) is 30.0 Å². The SMILES string of the molecule is Fc1c(N2CC3(CC(c4nnc5n4-c4ccc(Cl)cc4CN(C4CC4(F)F)C5)C3)C2)cccc1C(F)(F)F. The van der Waals surface area contributed by atoms with Crippen molar-refractivity contribution in [2.45, 2.75) is 56.4 Å². The van der Waals surface area contributed by atoms with Gasteiger partial charge in [0.1, 0.15) is 5.82 Å². The molecule has 0 radical (unpaired) electrons. The first-order valence-corrected chi connectivity index (χ1v) is 12.8. The van der Waals surface area contributed by atoms with Crippen molar-refractivity contribution in [2.75, 3.05) is 18.0 Å². The number of fused-ring (bicyclic) bond motifs is 3. The van der Waals surface area contributed by atoms with E-state index < -0.39 is 29.5 Å². The van der Waals surface area contributed by atoms with Crippen molar-refractivity contribution in [2.24, 2.45) is 5.41 Å². The van der Waals surface area contributed by atoms with Crippen LogP contribution in [0.5, 0.6) is 0 Å². The maximum absolute atomic E-state index is 14.6. The van der Waals surface area contributed by atoms with Gasteiger partial charge in [-0.1, -0.05) is 17.7 Å². The van der Waals surface area contributed by atoms with Crippen LogP contribution < -0.4 is 4.90 Å². The van der Waals surface area contributed by atoms with Gasteiger partial charge in [-0.25, -0.2) is 13.2 Å². The summed E-state index contributed by atoms with van der Waals surface area (Å²) in [5, 5.41) is 9.35. The van der Waals surface area contributed by atoms with Crippen molar-refractivity contribution in [3.05, 3.63) is 70.0 Å². The highest BCUT2D eigenvalue weighted by molar-refractivity contribution is 6.30. The Morgan fingerprint density at radius 1 is 0.947 bits per heavy atom. The maximum Gasteiger partial charge on any atom is 0.419 e. The minimum atomic E-state index is -4.75. The largest absolute Gasteiger partial charge is 0.419 e. The third-order valence-electron chi connectivity index (χ3n) is 8.39. The van der Waals surface area contributed by atoms with Crippen molar-refractivity contribution in [1.29, 1.82) is 0 Å². The third-order valence-corrected chi connectivity index (χ3v) is 8.63. The molecule has 3 fully saturated rings. The Balaban J connectivity index is 1.12. The number of anilines is 1.